The number of hydrogen-bond donors (Lipinski definition) is 0. The molecule has 2 aliphatic heterocycles. The predicted octanol–water partition coefficient (Wildman–Crippen LogP) is 2.50. The molecule has 0 saturated heterocycles. The molecule has 1 atom stereocenters. The van der Waals surface area contributed by atoms with Crippen LogP contribution in [0.25, 0.3) is 5.57 Å². The Bertz CT molecular complexity index is 575. The van der Waals surface area contributed by atoms with E-state index in [4.69, 9.17) is 0 Å². The van der Waals surface area contributed by atoms with Gasteiger partial charge in [-0.05, 0) is 28.7 Å². The summed E-state index contributed by atoms with van der Waals surface area (Å²) >= 11 is 1.42. The third-order valence-corrected chi connectivity index (χ3v) is 3.61. The van der Waals surface area contributed by atoms with Gasteiger partial charge in [0.05, 0.1) is 5.04 Å². The fraction of sp³-hybridized carbons (Fsp3) is 0.0833. The van der Waals surface area contributed by atoms with Crippen LogP contribution in [0, 0.1) is 11.7 Å². The number of hydrogen-bond acceptors (Lipinski definition) is 3. The lowest BCUT2D eigenvalue weighted by molar-refractivity contribution is -0.118. The minimum absolute atomic E-state index is 0.212. The van der Waals surface area contributed by atoms with E-state index < -0.39 is 5.92 Å². The Morgan fingerprint density at radius 3 is 2.76 bits per heavy atom. The monoisotopic (exact) mass is 246 g/mol. The fourth-order valence-electron chi connectivity index (χ4n) is 1.83. The number of nitrogens with zero attached hydrogens (tertiary/aromatic N) is 2. The SMILES string of the molecule is O=C1N=CN=C2SC=C(c3ccc(F)cc3)C12. The number of amides is 1. The van der Waals surface area contributed by atoms with Crippen LogP contribution >= 0.6 is 11.8 Å². The topological polar surface area (TPSA) is 41.8 Å². The van der Waals surface area contributed by atoms with Gasteiger partial charge in [0.25, 0.3) is 5.91 Å². The smallest absolute Gasteiger partial charge is 0.261 e. The summed E-state index contributed by atoms with van der Waals surface area (Å²) < 4.78 is 12.8. The molecule has 1 amide bonds. The molecule has 0 radical (unpaired) electrons. The van der Waals surface area contributed by atoms with Crippen LogP contribution in [-0.4, -0.2) is 17.3 Å². The Morgan fingerprint density at radius 1 is 1.24 bits per heavy atom. The number of rotatable bonds is 1. The number of aliphatic imine (C=N–C) groups is 2. The van der Waals surface area contributed by atoms with Crippen LogP contribution < -0.4 is 0 Å². The van der Waals surface area contributed by atoms with E-state index in [0.717, 1.165) is 16.2 Å². The summed E-state index contributed by atoms with van der Waals surface area (Å²) in [5, 5.41) is 2.62. The van der Waals surface area contributed by atoms with Gasteiger partial charge in [-0.3, -0.25) is 4.79 Å². The van der Waals surface area contributed by atoms with E-state index in [-0.39, 0.29) is 11.7 Å². The van der Waals surface area contributed by atoms with Gasteiger partial charge in [0.15, 0.2) is 0 Å². The molecule has 0 aromatic heterocycles. The molecule has 0 N–H and O–H groups in total. The van der Waals surface area contributed by atoms with Crippen molar-refractivity contribution in [3.8, 4) is 0 Å². The summed E-state index contributed by atoms with van der Waals surface area (Å²) in [6, 6.07) is 6.09. The molecule has 1 aromatic carbocycles. The Labute approximate surface area is 101 Å². The van der Waals surface area contributed by atoms with Crippen molar-refractivity contribution in [1.82, 2.24) is 0 Å². The van der Waals surface area contributed by atoms with Gasteiger partial charge in [-0.2, -0.15) is 0 Å². The molecular weight excluding hydrogens is 239 g/mol. The zero-order valence-electron chi connectivity index (χ0n) is 8.63. The molecule has 0 aliphatic carbocycles. The second-order valence-electron chi connectivity index (χ2n) is 3.68. The third kappa shape index (κ3) is 1.72. The first-order valence-electron chi connectivity index (χ1n) is 5.02. The quantitative estimate of drug-likeness (QED) is 0.764. The number of benzene rings is 1. The van der Waals surface area contributed by atoms with Gasteiger partial charge in [-0.25, -0.2) is 14.4 Å². The molecule has 2 heterocycles. The number of carbonyl (C=O) groups excluding carboxylic acids is 1. The molecule has 17 heavy (non-hydrogen) atoms. The summed E-state index contributed by atoms with van der Waals surface area (Å²) in [5.41, 5.74) is 1.68. The highest BCUT2D eigenvalue weighted by molar-refractivity contribution is 8.17. The second-order valence-corrected chi connectivity index (χ2v) is 4.57. The highest BCUT2D eigenvalue weighted by Crippen LogP contribution is 2.39. The Hall–Kier alpha value is -1.75. The van der Waals surface area contributed by atoms with Crippen LogP contribution in [0.2, 0.25) is 0 Å². The summed E-state index contributed by atoms with van der Waals surface area (Å²) in [6.45, 7) is 0. The first-order valence-corrected chi connectivity index (χ1v) is 5.90. The Balaban J connectivity index is 2.00. The van der Waals surface area contributed by atoms with Crippen molar-refractivity contribution in [3.05, 3.63) is 41.1 Å². The average molecular weight is 246 g/mol. The molecule has 1 aromatic rings. The maximum atomic E-state index is 12.8. The summed E-state index contributed by atoms with van der Waals surface area (Å²) in [4.78, 5) is 19.5. The van der Waals surface area contributed by atoms with Gasteiger partial charge < -0.3 is 0 Å². The largest absolute Gasteiger partial charge is 0.271 e. The van der Waals surface area contributed by atoms with Gasteiger partial charge in [-0.1, -0.05) is 23.9 Å². The Morgan fingerprint density at radius 2 is 2.00 bits per heavy atom. The molecule has 0 saturated carbocycles. The molecule has 2 aliphatic rings. The second kappa shape index (κ2) is 3.92. The standard InChI is InChI=1S/C12H7FN2OS/c13-8-3-1-7(2-4-8)9-5-17-12-10(9)11(16)14-6-15-12/h1-6,10H. The van der Waals surface area contributed by atoms with Crippen molar-refractivity contribution in [3.63, 3.8) is 0 Å². The summed E-state index contributed by atoms with van der Waals surface area (Å²) in [5.74, 6) is -0.909. The maximum absolute atomic E-state index is 12.8. The molecule has 0 bridgehead atoms. The molecule has 5 heteroatoms. The normalized spacial score (nSPS) is 22.2. The lowest BCUT2D eigenvalue weighted by atomic mass is 9.94. The van der Waals surface area contributed by atoms with Crippen molar-refractivity contribution in [1.29, 1.82) is 0 Å². The van der Waals surface area contributed by atoms with E-state index >= 15 is 0 Å². The van der Waals surface area contributed by atoms with E-state index in [1.165, 1.54) is 30.2 Å². The first-order chi connectivity index (χ1) is 8.25. The van der Waals surface area contributed by atoms with E-state index in [1.807, 2.05) is 5.41 Å². The highest BCUT2D eigenvalue weighted by atomic mass is 32.2. The number of fused-ring (bicyclic) bond motifs is 1. The van der Waals surface area contributed by atoms with Crippen molar-refractivity contribution in [2.75, 3.05) is 0 Å². The third-order valence-electron chi connectivity index (χ3n) is 2.66. The van der Waals surface area contributed by atoms with Crippen LogP contribution in [0.5, 0.6) is 0 Å². The van der Waals surface area contributed by atoms with Crippen molar-refractivity contribution >= 4 is 34.6 Å². The molecule has 0 fully saturated rings. The predicted molar refractivity (Wildman–Crippen MR) is 66.4 cm³/mol. The maximum Gasteiger partial charge on any atom is 0.261 e. The summed E-state index contributed by atoms with van der Waals surface area (Å²) in [7, 11) is 0. The van der Waals surface area contributed by atoms with Crippen LogP contribution in [0.3, 0.4) is 0 Å². The number of halogens is 1. The van der Waals surface area contributed by atoms with Crippen LogP contribution in [0.4, 0.5) is 4.39 Å². The molecule has 0 spiro atoms. The number of thioether (sulfide) groups is 1. The van der Waals surface area contributed by atoms with Gasteiger partial charge in [-0.15, -0.1) is 0 Å². The van der Waals surface area contributed by atoms with Crippen molar-refractivity contribution in [2.24, 2.45) is 15.9 Å². The van der Waals surface area contributed by atoms with E-state index in [0.29, 0.717) is 0 Å². The molecule has 3 rings (SSSR count). The van der Waals surface area contributed by atoms with Gasteiger partial charge >= 0.3 is 0 Å². The molecule has 3 nitrogen and oxygen atoms in total. The average Bonchev–Trinajstić information content (AvgIpc) is 2.75. The van der Waals surface area contributed by atoms with Crippen molar-refractivity contribution in [2.45, 2.75) is 0 Å². The van der Waals surface area contributed by atoms with Crippen molar-refractivity contribution < 1.29 is 9.18 Å². The first kappa shape index (κ1) is 10.4. The minimum atomic E-state index is -0.407. The molecule has 84 valence electrons. The zero-order chi connectivity index (χ0) is 11.8. The van der Waals surface area contributed by atoms with Crippen LogP contribution in [-0.2, 0) is 4.79 Å². The Kier molecular flexibility index (Phi) is 2.40. The summed E-state index contributed by atoms with van der Waals surface area (Å²) in [6.07, 6.45) is 1.28. The van der Waals surface area contributed by atoms with Gasteiger partial charge in [0.2, 0.25) is 0 Å². The number of carbonyl (C=O) groups is 1. The zero-order valence-corrected chi connectivity index (χ0v) is 9.45. The highest BCUT2D eigenvalue weighted by Gasteiger charge is 2.35. The van der Waals surface area contributed by atoms with E-state index in [1.54, 1.807) is 12.1 Å². The van der Waals surface area contributed by atoms with E-state index in [2.05, 4.69) is 9.98 Å². The van der Waals surface area contributed by atoms with Gasteiger partial charge in [0, 0.05) is 0 Å². The van der Waals surface area contributed by atoms with Gasteiger partial charge in [0.1, 0.15) is 18.1 Å². The molecular formula is C12H7FN2OS. The molecule has 1 unspecified atom stereocenters. The lowest BCUT2D eigenvalue weighted by Gasteiger charge is -2.13. The minimum Gasteiger partial charge on any atom is -0.271 e. The lowest BCUT2D eigenvalue weighted by Crippen LogP contribution is -2.21. The van der Waals surface area contributed by atoms with E-state index in [9.17, 15) is 9.18 Å². The van der Waals surface area contributed by atoms with Crippen LogP contribution in [0.15, 0.2) is 39.7 Å². The fourth-order valence-corrected chi connectivity index (χ4v) is 2.82. The van der Waals surface area contributed by atoms with Crippen LogP contribution in [0.1, 0.15) is 5.56 Å².